The fourth-order valence-corrected chi connectivity index (χ4v) is 2.74. The fraction of sp³-hybridized carbons (Fsp3) is 1.00. The fourth-order valence-electron chi connectivity index (χ4n) is 1.91. The first-order valence-electron chi connectivity index (χ1n) is 6.28. The van der Waals surface area contributed by atoms with Gasteiger partial charge in [-0.2, -0.15) is 4.31 Å². The monoisotopic (exact) mass is 263 g/mol. The molecule has 1 heterocycles. The molecule has 0 amide bonds. The van der Waals surface area contributed by atoms with E-state index in [1.807, 2.05) is 0 Å². The Morgan fingerprint density at radius 3 is 2.24 bits per heavy atom. The molecule has 0 bridgehead atoms. The molecule has 0 spiro atoms. The van der Waals surface area contributed by atoms with E-state index >= 15 is 0 Å². The van der Waals surface area contributed by atoms with Gasteiger partial charge in [-0.1, -0.05) is 13.8 Å². The number of rotatable bonds is 6. The number of sulfonamides is 1. The smallest absolute Gasteiger partial charge is 0.211 e. The molecule has 1 fully saturated rings. The van der Waals surface area contributed by atoms with Gasteiger partial charge < -0.3 is 5.32 Å². The van der Waals surface area contributed by atoms with E-state index < -0.39 is 10.0 Å². The lowest BCUT2D eigenvalue weighted by Gasteiger charge is -2.33. The van der Waals surface area contributed by atoms with Crippen molar-refractivity contribution < 1.29 is 8.42 Å². The molecule has 17 heavy (non-hydrogen) atoms. The molecule has 1 aliphatic rings. The Balaban J connectivity index is 2.15. The minimum atomic E-state index is -2.99. The molecule has 0 atom stereocenters. The topological polar surface area (TPSA) is 52.6 Å². The molecule has 5 nitrogen and oxygen atoms in total. The van der Waals surface area contributed by atoms with Crippen LogP contribution in [0.5, 0.6) is 0 Å². The predicted octanol–water partition coefficient (Wildman–Crippen LogP) is -0.191. The van der Waals surface area contributed by atoms with E-state index in [2.05, 4.69) is 24.1 Å². The lowest BCUT2D eigenvalue weighted by molar-refractivity contribution is 0.189. The Morgan fingerprint density at radius 1 is 1.18 bits per heavy atom. The predicted molar refractivity (Wildman–Crippen MR) is 70.6 cm³/mol. The van der Waals surface area contributed by atoms with E-state index in [9.17, 15) is 8.42 Å². The third-order valence-corrected chi connectivity index (χ3v) is 4.26. The Bertz CT molecular complexity index is 309. The maximum Gasteiger partial charge on any atom is 0.211 e. The molecule has 102 valence electrons. The number of hydrogen-bond acceptors (Lipinski definition) is 4. The first-order valence-corrected chi connectivity index (χ1v) is 8.12. The van der Waals surface area contributed by atoms with Crippen LogP contribution in [0, 0.1) is 5.92 Å². The molecule has 1 aliphatic heterocycles. The highest BCUT2D eigenvalue weighted by Gasteiger charge is 2.22. The molecule has 6 heteroatoms. The van der Waals surface area contributed by atoms with Crippen molar-refractivity contribution in [3.05, 3.63) is 0 Å². The summed E-state index contributed by atoms with van der Waals surface area (Å²) < 4.78 is 24.2. The van der Waals surface area contributed by atoms with Gasteiger partial charge in [-0.25, -0.2) is 8.42 Å². The SMILES string of the molecule is CC(C)CNCCN1CCN(S(C)(=O)=O)CC1. The second-order valence-corrected chi connectivity index (χ2v) is 7.08. The molecule has 0 aromatic heterocycles. The van der Waals surface area contributed by atoms with E-state index in [4.69, 9.17) is 0 Å². The van der Waals surface area contributed by atoms with Crippen LogP contribution in [0.4, 0.5) is 0 Å². The largest absolute Gasteiger partial charge is 0.315 e. The Labute approximate surface area is 105 Å². The van der Waals surface area contributed by atoms with Crippen LogP contribution in [-0.4, -0.2) is 69.7 Å². The van der Waals surface area contributed by atoms with Crippen molar-refractivity contribution in [1.82, 2.24) is 14.5 Å². The summed E-state index contributed by atoms with van der Waals surface area (Å²) in [5, 5.41) is 3.40. The summed E-state index contributed by atoms with van der Waals surface area (Å²) in [6.07, 6.45) is 1.28. The first-order chi connectivity index (χ1) is 7.89. The summed E-state index contributed by atoms with van der Waals surface area (Å²) in [7, 11) is -2.99. The maximum atomic E-state index is 11.3. The van der Waals surface area contributed by atoms with Gasteiger partial charge >= 0.3 is 0 Å². The summed E-state index contributed by atoms with van der Waals surface area (Å²) in [5.74, 6) is 0.678. The number of hydrogen-bond donors (Lipinski definition) is 1. The van der Waals surface area contributed by atoms with Gasteiger partial charge in [0.2, 0.25) is 10.0 Å². The third kappa shape index (κ3) is 5.81. The van der Waals surface area contributed by atoms with Crippen LogP contribution >= 0.6 is 0 Å². The van der Waals surface area contributed by atoms with Gasteiger partial charge in [-0.3, -0.25) is 4.90 Å². The van der Waals surface area contributed by atoms with Crippen molar-refractivity contribution in [3.63, 3.8) is 0 Å². The Kier molecular flexibility index (Phi) is 5.85. The molecule has 0 aromatic rings. The van der Waals surface area contributed by atoms with Crippen molar-refractivity contribution >= 4 is 10.0 Å². The molecule has 0 aliphatic carbocycles. The van der Waals surface area contributed by atoms with Crippen LogP contribution in [0.1, 0.15) is 13.8 Å². The quantitative estimate of drug-likeness (QED) is 0.675. The van der Waals surface area contributed by atoms with Crippen LogP contribution in [0.3, 0.4) is 0 Å². The zero-order valence-corrected chi connectivity index (χ0v) is 12.0. The van der Waals surface area contributed by atoms with Gasteiger partial charge in [0.15, 0.2) is 0 Å². The van der Waals surface area contributed by atoms with Crippen molar-refractivity contribution in [2.75, 3.05) is 52.1 Å². The van der Waals surface area contributed by atoms with Crippen LogP contribution in [0.2, 0.25) is 0 Å². The first kappa shape index (κ1) is 14.9. The standard InChI is InChI=1S/C11H25N3O2S/c1-11(2)10-12-4-5-13-6-8-14(9-7-13)17(3,15)16/h11-12H,4-10H2,1-3H3. The molecule has 0 radical (unpaired) electrons. The summed E-state index contributed by atoms with van der Waals surface area (Å²) in [6.45, 7) is 10.4. The maximum absolute atomic E-state index is 11.3. The van der Waals surface area contributed by atoms with Crippen molar-refractivity contribution in [1.29, 1.82) is 0 Å². The van der Waals surface area contributed by atoms with Crippen molar-refractivity contribution in [2.45, 2.75) is 13.8 Å². The van der Waals surface area contributed by atoms with Gasteiger partial charge in [0, 0.05) is 39.3 Å². The summed E-state index contributed by atoms with van der Waals surface area (Å²) in [6, 6.07) is 0. The lowest BCUT2D eigenvalue weighted by Crippen LogP contribution is -2.49. The molecule has 0 unspecified atom stereocenters. The van der Waals surface area contributed by atoms with Crippen molar-refractivity contribution in [3.8, 4) is 0 Å². The van der Waals surface area contributed by atoms with Gasteiger partial charge in [-0.05, 0) is 12.5 Å². The van der Waals surface area contributed by atoms with E-state index in [-0.39, 0.29) is 0 Å². The normalized spacial score (nSPS) is 20.0. The van der Waals surface area contributed by atoms with E-state index in [1.54, 1.807) is 4.31 Å². The van der Waals surface area contributed by atoms with E-state index in [1.165, 1.54) is 6.26 Å². The number of piperazine rings is 1. The van der Waals surface area contributed by atoms with Crippen LogP contribution in [0.15, 0.2) is 0 Å². The zero-order valence-electron chi connectivity index (χ0n) is 11.1. The highest BCUT2D eigenvalue weighted by atomic mass is 32.2. The van der Waals surface area contributed by atoms with E-state index in [0.29, 0.717) is 19.0 Å². The second kappa shape index (κ2) is 6.68. The van der Waals surface area contributed by atoms with Gasteiger partial charge in [0.1, 0.15) is 0 Å². The van der Waals surface area contributed by atoms with Gasteiger partial charge in [0.05, 0.1) is 6.26 Å². The van der Waals surface area contributed by atoms with E-state index in [0.717, 1.165) is 32.7 Å². The molecule has 0 saturated carbocycles. The Morgan fingerprint density at radius 2 is 1.76 bits per heavy atom. The molecular formula is C11H25N3O2S. The minimum Gasteiger partial charge on any atom is -0.315 e. The molecule has 1 saturated heterocycles. The minimum absolute atomic E-state index is 0.628. The summed E-state index contributed by atoms with van der Waals surface area (Å²) in [4.78, 5) is 2.31. The highest BCUT2D eigenvalue weighted by Crippen LogP contribution is 2.05. The van der Waals surface area contributed by atoms with Crippen molar-refractivity contribution in [2.24, 2.45) is 5.92 Å². The van der Waals surface area contributed by atoms with Gasteiger partial charge in [0.25, 0.3) is 0 Å². The molecule has 0 aromatic carbocycles. The summed E-state index contributed by atoms with van der Waals surface area (Å²) in [5.41, 5.74) is 0. The van der Waals surface area contributed by atoms with Gasteiger partial charge in [-0.15, -0.1) is 0 Å². The summed E-state index contributed by atoms with van der Waals surface area (Å²) >= 11 is 0. The number of nitrogens with one attached hydrogen (secondary N) is 1. The van der Waals surface area contributed by atoms with Crippen LogP contribution in [-0.2, 0) is 10.0 Å². The highest BCUT2D eigenvalue weighted by molar-refractivity contribution is 7.88. The number of nitrogens with zero attached hydrogens (tertiary/aromatic N) is 2. The average molecular weight is 263 g/mol. The molecule has 1 rings (SSSR count). The van der Waals surface area contributed by atoms with Crippen LogP contribution in [0.25, 0.3) is 0 Å². The molecular weight excluding hydrogens is 238 g/mol. The Hall–Kier alpha value is -0.170. The lowest BCUT2D eigenvalue weighted by atomic mass is 10.2. The van der Waals surface area contributed by atoms with Crippen LogP contribution < -0.4 is 5.32 Å². The molecule has 1 N–H and O–H groups in total. The average Bonchev–Trinajstić information content (AvgIpc) is 2.23. The zero-order chi connectivity index (χ0) is 12.9. The second-order valence-electron chi connectivity index (χ2n) is 5.10. The third-order valence-electron chi connectivity index (χ3n) is 2.96.